The Hall–Kier alpha value is -2.55. The third kappa shape index (κ3) is 3.51. The normalized spacial score (nSPS) is 20.6. The summed E-state index contributed by atoms with van der Waals surface area (Å²) < 4.78 is 0. The molecule has 0 unspecified atom stereocenters. The van der Waals surface area contributed by atoms with Crippen molar-refractivity contribution >= 4 is 17.7 Å². The van der Waals surface area contributed by atoms with Crippen molar-refractivity contribution in [2.45, 2.75) is 25.3 Å². The van der Waals surface area contributed by atoms with Crippen LogP contribution in [0.3, 0.4) is 0 Å². The second kappa shape index (κ2) is 6.27. The molecule has 6 nitrogen and oxygen atoms in total. The van der Waals surface area contributed by atoms with Crippen LogP contribution in [-0.2, 0) is 4.79 Å². The maximum atomic E-state index is 12.1. The maximum absolute atomic E-state index is 12.1. The van der Waals surface area contributed by atoms with Crippen molar-refractivity contribution < 1.29 is 14.7 Å². The van der Waals surface area contributed by atoms with Crippen LogP contribution in [0.15, 0.2) is 24.3 Å². The standard InChI is InChI=1S/C15H17N3O3/c1-18(13-6-2-10(9-16)3-7-13)15(21)17-12-5-4-11(8-12)14(19)20/h2-3,6-7,11-12H,4-5,8H2,1H3,(H,17,21)(H,19,20)/t11-,12+/m1/s1. The first-order valence-corrected chi connectivity index (χ1v) is 6.78. The Morgan fingerprint density at radius 1 is 1.33 bits per heavy atom. The lowest BCUT2D eigenvalue weighted by Crippen LogP contribution is -2.42. The Morgan fingerprint density at radius 3 is 2.52 bits per heavy atom. The molecule has 1 aromatic rings. The first-order chi connectivity index (χ1) is 10.0. The zero-order valence-electron chi connectivity index (χ0n) is 11.7. The number of nitriles is 1. The van der Waals surface area contributed by atoms with Crippen molar-refractivity contribution in [3.8, 4) is 6.07 Å². The average Bonchev–Trinajstić information content (AvgIpc) is 2.95. The van der Waals surface area contributed by atoms with E-state index in [2.05, 4.69) is 5.32 Å². The molecule has 0 bridgehead atoms. The van der Waals surface area contributed by atoms with Gasteiger partial charge in [0.15, 0.2) is 0 Å². The van der Waals surface area contributed by atoms with E-state index in [9.17, 15) is 9.59 Å². The van der Waals surface area contributed by atoms with E-state index in [0.29, 0.717) is 30.5 Å². The van der Waals surface area contributed by atoms with E-state index in [4.69, 9.17) is 10.4 Å². The lowest BCUT2D eigenvalue weighted by atomic mass is 10.1. The summed E-state index contributed by atoms with van der Waals surface area (Å²) in [5, 5.41) is 20.5. The van der Waals surface area contributed by atoms with Gasteiger partial charge in [-0.15, -0.1) is 0 Å². The number of nitrogens with zero attached hydrogens (tertiary/aromatic N) is 2. The molecule has 1 aliphatic carbocycles. The maximum Gasteiger partial charge on any atom is 0.321 e. The molecule has 1 fully saturated rings. The van der Waals surface area contributed by atoms with Gasteiger partial charge in [-0.3, -0.25) is 9.69 Å². The van der Waals surface area contributed by atoms with Gasteiger partial charge in [0.05, 0.1) is 17.6 Å². The fourth-order valence-electron chi connectivity index (χ4n) is 2.49. The van der Waals surface area contributed by atoms with Crippen molar-refractivity contribution in [1.29, 1.82) is 5.26 Å². The Labute approximate surface area is 123 Å². The first-order valence-electron chi connectivity index (χ1n) is 6.78. The number of benzene rings is 1. The minimum Gasteiger partial charge on any atom is -0.481 e. The van der Waals surface area contributed by atoms with Gasteiger partial charge in [-0.25, -0.2) is 4.79 Å². The molecule has 1 aliphatic rings. The monoisotopic (exact) mass is 287 g/mol. The van der Waals surface area contributed by atoms with Crippen LogP contribution in [0.4, 0.5) is 10.5 Å². The number of nitrogens with one attached hydrogen (secondary N) is 1. The highest BCUT2D eigenvalue weighted by Crippen LogP contribution is 2.26. The first kappa shape index (κ1) is 14.9. The van der Waals surface area contributed by atoms with Gasteiger partial charge >= 0.3 is 12.0 Å². The Kier molecular flexibility index (Phi) is 4.43. The zero-order chi connectivity index (χ0) is 15.4. The summed E-state index contributed by atoms with van der Waals surface area (Å²) in [5.74, 6) is -1.16. The van der Waals surface area contributed by atoms with Gasteiger partial charge in [-0.05, 0) is 43.5 Å². The predicted octanol–water partition coefficient (Wildman–Crippen LogP) is 1.96. The topological polar surface area (TPSA) is 93.4 Å². The molecule has 1 aromatic carbocycles. The zero-order valence-corrected chi connectivity index (χ0v) is 11.7. The van der Waals surface area contributed by atoms with Gasteiger partial charge in [0.2, 0.25) is 0 Å². The van der Waals surface area contributed by atoms with E-state index < -0.39 is 5.97 Å². The van der Waals surface area contributed by atoms with E-state index in [0.717, 1.165) is 0 Å². The van der Waals surface area contributed by atoms with Crippen LogP contribution < -0.4 is 10.2 Å². The summed E-state index contributed by atoms with van der Waals surface area (Å²) >= 11 is 0. The summed E-state index contributed by atoms with van der Waals surface area (Å²) in [4.78, 5) is 24.5. The second-order valence-corrected chi connectivity index (χ2v) is 5.21. The van der Waals surface area contributed by atoms with Crippen molar-refractivity contribution in [2.75, 3.05) is 11.9 Å². The smallest absolute Gasteiger partial charge is 0.321 e. The van der Waals surface area contributed by atoms with Crippen LogP contribution in [0.2, 0.25) is 0 Å². The number of rotatable bonds is 3. The van der Waals surface area contributed by atoms with Gasteiger partial charge in [0.25, 0.3) is 0 Å². The highest BCUT2D eigenvalue weighted by molar-refractivity contribution is 5.91. The van der Waals surface area contributed by atoms with Crippen LogP contribution in [0.5, 0.6) is 0 Å². The Balaban J connectivity index is 1.94. The van der Waals surface area contributed by atoms with Gasteiger partial charge in [0.1, 0.15) is 0 Å². The van der Waals surface area contributed by atoms with Gasteiger partial charge in [-0.2, -0.15) is 5.26 Å². The van der Waals surface area contributed by atoms with E-state index in [1.54, 1.807) is 31.3 Å². The molecule has 0 heterocycles. The van der Waals surface area contributed by atoms with Crippen LogP contribution >= 0.6 is 0 Å². The summed E-state index contributed by atoms with van der Waals surface area (Å²) in [6, 6.07) is 8.35. The molecule has 21 heavy (non-hydrogen) atoms. The number of carbonyl (C=O) groups excluding carboxylic acids is 1. The fraction of sp³-hybridized carbons (Fsp3) is 0.400. The molecule has 1 saturated carbocycles. The van der Waals surface area contributed by atoms with Gasteiger partial charge < -0.3 is 10.4 Å². The predicted molar refractivity (Wildman–Crippen MR) is 76.9 cm³/mol. The highest BCUT2D eigenvalue weighted by atomic mass is 16.4. The van der Waals surface area contributed by atoms with E-state index in [1.165, 1.54) is 4.90 Å². The second-order valence-electron chi connectivity index (χ2n) is 5.21. The lowest BCUT2D eigenvalue weighted by molar-refractivity contribution is -0.141. The number of urea groups is 1. The van der Waals surface area contributed by atoms with Crippen LogP contribution in [-0.4, -0.2) is 30.2 Å². The molecule has 0 aromatic heterocycles. The highest BCUT2D eigenvalue weighted by Gasteiger charge is 2.31. The SMILES string of the molecule is CN(C(=O)N[C@H]1CC[C@@H](C(=O)O)C1)c1ccc(C#N)cc1. The molecular formula is C15H17N3O3. The van der Waals surface area contributed by atoms with Crippen molar-refractivity contribution in [2.24, 2.45) is 5.92 Å². The lowest BCUT2D eigenvalue weighted by Gasteiger charge is -2.21. The number of hydrogen-bond donors (Lipinski definition) is 2. The van der Waals surface area contributed by atoms with E-state index >= 15 is 0 Å². The van der Waals surface area contributed by atoms with Crippen molar-refractivity contribution in [3.05, 3.63) is 29.8 Å². The summed E-state index contributed by atoms with van der Waals surface area (Å²) in [7, 11) is 1.64. The molecule has 2 atom stereocenters. The van der Waals surface area contributed by atoms with Gasteiger partial charge in [-0.1, -0.05) is 0 Å². The number of carboxylic acids is 1. The number of amides is 2. The quantitative estimate of drug-likeness (QED) is 0.888. The summed E-state index contributed by atoms with van der Waals surface area (Å²) in [6.07, 6.45) is 1.76. The molecule has 0 saturated heterocycles. The van der Waals surface area contributed by atoms with Crippen molar-refractivity contribution in [1.82, 2.24) is 5.32 Å². The minimum absolute atomic E-state index is 0.0977. The molecule has 2 N–H and O–H groups in total. The molecule has 0 radical (unpaired) electrons. The third-order valence-corrected chi connectivity index (χ3v) is 3.80. The van der Waals surface area contributed by atoms with Gasteiger partial charge in [0, 0.05) is 18.8 Å². The fourth-order valence-corrected chi connectivity index (χ4v) is 2.49. The molecular weight excluding hydrogens is 270 g/mol. The van der Waals surface area contributed by atoms with E-state index in [-0.39, 0.29) is 18.0 Å². The molecule has 2 amide bonds. The summed E-state index contributed by atoms with van der Waals surface area (Å²) in [6.45, 7) is 0. The number of anilines is 1. The number of carboxylic acid groups (broad SMARTS) is 1. The van der Waals surface area contributed by atoms with E-state index in [1.807, 2.05) is 6.07 Å². The molecule has 6 heteroatoms. The molecule has 0 aliphatic heterocycles. The number of aliphatic carboxylic acids is 1. The Morgan fingerprint density at radius 2 is 2.00 bits per heavy atom. The summed E-state index contributed by atoms with van der Waals surface area (Å²) in [5.41, 5.74) is 1.21. The van der Waals surface area contributed by atoms with Crippen molar-refractivity contribution in [3.63, 3.8) is 0 Å². The number of carbonyl (C=O) groups is 2. The molecule has 2 rings (SSSR count). The Bertz CT molecular complexity index is 577. The molecule has 110 valence electrons. The molecule has 0 spiro atoms. The third-order valence-electron chi connectivity index (χ3n) is 3.80. The van der Waals surface area contributed by atoms with Crippen LogP contribution in [0, 0.1) is 17.2 Å². The van der Waals surface area contributed by atoms with Crippen LogP contribution in [0.1, 0.15) is 24.8 Å². The largest absolute Gasteiger partial charge is 0.481 e. The minimum atomic E-state index is -0.799. The van der Waals surface area contributed by atoms with Crippen LogP contribution in [0.25, 0.3) is 0 Å². The average molecular weight is 287 g/mol. The number of hydrogen-bond acceptors (Lipinski definition) is 3.